The van der Waals surface area contributed by atoms with Crippen molar-refractivity contribution in [2.45, 2.75) is 13.5 Å². The molecule has 4 nitrogen and oxygen atoms in total. The normalized spacial score (nSPS) is 10.7. The minimum absolute atomic E-state index is 0.0963. The Hall–Kier alpha value is -3.21. The molecule has 1 amide bonds. The van der Waals surface area contributed by atoms with Crippen LogP contribution in [0.15, 0.2) is 78.9 Å². The van der Waals surface area contributed by atoms with E-state index in [1.165, 1.54) is 0 Å². The van der Waals surface area contributed by atoms with Gasteiger partial charge < -0.3 is 15.4 Å². The van der Waals surface area contributed by atoms with Crippen LogP contribution in [0.5, 0.6) is 5.75 Å². The lowest BCUT2D eigenvalue weighted by Crippen LogP contribution is -2.20. The van der Waals surface area contributed by atoms with E-state index in [9.17, 15) is 4.79 Å². The molecule has 0 bridgehead atoms. The largest absolute Gasteiger partial charge is 0.483 e. The van der Waals surface area contributed by atoms with E-state index in [-0.39, 0.29) is 12.5 Å². The Balaban J connectivity index is 1.52. The van der Waals surface area contributed by atoms with E-state index in [2.05, 4.69) is 10.6 Å². The molecule has 162 valence electrons. The van der Waals surface area contributed by atoms with Crippen LogP contribution in [0, 0.1) is 6.92 Å². The molecule has 0 radical (unpaired) electrons. The van der Waals surface area contributed by atoms with Gasteiger partial charge in [0.15, 0.2) is 6.61 Å². The molecule has 0 fully saturated rings. The Kier molecular flexibility index (Phi) is 6.84. The van der Waals surface area contributed by atoms with Crippen LogP contribution in [0.2, 0.25) is 10.0 Å². The number of ether oxygens (including phenoxy) is 1. The third kappa shape index (κ3) is 5.34. The molecule has 0 aliphatic carbocycles. The summed E-state index contributed by atoms with van der Waals surface area (Å²) < 4.78 is 5.93. The highest BCUT2D eigenvalue weighted by molar-refractivity contribution is 6.36. The van der Waals surface area contributed by atoms with E-state index in [1.807, 2.05) is 73.7 Å². The van der Waals surface area contributed by atoms with Crippen molar-refractivity contribution >= 4 is 51.3 Å². The first-order valence-electron chi connectivity index (χ1n) is 10.2. The summed E-state index contributed by atoms with van der Waals surface area (Å²) in [5, 5.41) is 9.45. The van der Waals surface area contributed by atoms with Crippen LogP contribution in [0.3, 0.4) is 0 Å². The SMILES string of the molecule is Cc1ccc(NC(=O)COc2ccc3ccccc3c2CNc2ccc(Cl)cc2Cl)cc1. The topological polar surface area (TPSA) is 50.4 Å². The highest BCUT2D eigenvalue weighted by Crippen LogP contribution is 2.31. The number of halogens is 2. The van der Waals surface area contributed by atoms with Gasteiger partial charge in [0.25, 0.3) is 5.91 Å². The summed E-state index contributed by atoms with van der Waals surface area (Å²) >= 11 is 12.3. The minimum Gasteiger partial charge on any atom is -0.483 e. The summed E-state index contributed by atoms with van der Waals surface area (Å²) in [5.74, 6) is 0.419. The average molecular weight is 465 g/mol. The molecular weight excluding hydrogens is 443 g/mol. The van der Waals surface area contributed by atoms with Crippen LogP contribution in [0.25, 0.3) is 10.8 Å². The van der Waals surface area contributed by atoms with Crippen molar-refractivity contribution in [3.63, 3.8) is 0 Å². The zero-order valence-electron chi connectivity index (χ0n) is 17.5. The van der Waals surface area contributed by atoms with E-state index in [4.69, 9.17) is 27.9 Å². The summed E-state index contributed by atoms with van der Waals surface area (Å²) in [6.45, 7) is 2.37. The predicted octanol–water partition coefficient (Wildman–Crippen LogP) is 7.08. The standard InChI is InChI=1S/C26H22Cl2N2O2/c1-17-6-10-20(11-7-17)30-26(31)16-32-25-13-8-18-4-2-3-5-21(18)22(25)15-29-24-12-9-19(27)14-23(24)28/h2-14,29H,15-16H2,1H3,(H,30,31). The maximum absolute atomic E-state index is 12.4. The summed E-state index contributed by atoms with van der Waals surface area (Å²) in [6.07, 6.45) is 0. The van der Waals surface area contributed by atoms with Gasteiger partial charge in [0.2, 0.25) is 0 Å². The quantitative estimate of drug-likeness (QED) is 0.307. The zero-order chi connectivity index (χ0) is 22.5. The van der Waals surface area contributed by atoms with Crippen molar-refractivity contribution in [3.05, 3.63) is 100 Å². The molecule has 0 aliphatic heterocycles. The van der Waals surface area contributed by atoms with Crippen LogP contribution in [-0.2, 0) is 11.3 Å². The third-order valence-corrected chi connectivity index (χ3v) is 5.63. The smallest absolute Gasteiger partial charge is 0.262 e. The van der Waals surface area contributed by atoms with E-state index < -0.39 is 0 Å². The van der Waals surface area contributed by atoms with Crippen LogP contribution < -0.4 is 15.4 Å². The van der Waals surface area contributed by atoms with Crippen LogP contribution >= 0.6 is 23.2 Å². The van der Waals surface area contributed by atoms with Gasteiger partial charge in [0, 0.05) is 22.8 Å². The number of hydrogen-bond donors (Lipinski definition) is 2. The third-order valence-electron chi connectivity index (χ3n) is 5.08. The lowest BCUT2D eigenvalue weighted by molar-refractivity contribution is -0.118. The highest BCUT2D eigenvalue weighted by atomic mass is 35.5. The highest BCUT2D eigenvalue weighted by Gasteiger charge is 2.12. The molecule has 0 saturated heterocycles. The summed E-state index contributed by atoms with van der Waals surface area (Å²) in [7, 11) is 0. The molecule has 0 unspecified atom stereocenters. The number of carbonyl (C=O) groups is 1. The molecule has 0 aromatic heterocycles. The lowest BCUT2D eigenvalue weighted by Gasteiger charge is -2.16. The number of fused-ring (bicyclic) bond motifs is 1. The van der Waals surface area contributed by atoms with Crippen LogP contribution in [0.4, 0.5) is 11.4 Å². The van der Waals surface area contributed by atoms with Crippen molar-refractivity contribution in [3.8, 4) is 5.75 Å². The number of benzene rings is 4. The molecule has 0 spiro atoms. The number of anilines is 2. The first-order chi connectivity index (χ1) is 15.5. The molecule has 0 atom stereocenters. The molecule has 4 rings (SSSR count). The van der Waals surface area contributed by atoms with E-state index in [1.54, 1.807) is 12.1 Å². The molecule has 4 aromatic rings. The number of amides is 1. The number of hydrogen-bond acceptors (Lipinski definition) is 3. The van der Waals surface area contributed by atoms with Gasteiger partial charge in [0.1, 0.15) is 5.75 Å². The summed E-state index contributed by atoms with van der Waals surface area (Å²) in [5.41, 5.74) is 3.58. The van der Waals surface area contributed by atoms with Crippen molar-refractivity contribution in [2.75, 3.05) is 17.2 Å². The summed E-state index contributed by atoms with van der Waals surface area (Å²) in [6, 6.07) is 24.9. The van der Waals surface area contributed by atoms with Crippen molar-refractivity contribution in [1.29, 1.82) is 0 Å². The molecular formula is C26H22Cl2N2O2. The zero-order valence-corrected chi connectivity index (χ0v) is 19.0. The van der Waals surface area contributed by atoms with Gasteiger partial charge in [-0.2, -0.15) is 0 Å². The van der Waals surface area contributed by atoms with E-state index >= 15 is 0 Å². The molecule has 0 heterocycles. The Morgan fingerprint density at radius 3 is 2.50 bits per heavy atom. The number of nitrogens with one attached hydrogen (secondary N) is 2. The Bertz CT molecular complexity index is 1260. The minimum atomic E-state index is -0.221. The van der Waals surface area contributed by atoms with Gasteiger partial charge in [-0.05, 0) is 54.1 Å². The molecule has 6 heteroatoms. The van der Waals surface area contributed by atoms with E-state index in [0.29, 0.717) is 22.3 Å². The first-order valence-corrected chi connectivity index (χ1v) is 10.9. The average Bonchev–Trinajstić information content (AvgIpc) is 2.79. The van der Waals surface area contributed by atoms with Crippen molar-refractivity contribution < 1.29 is 9.53 Å². The van der Waals surface area contributed by atoms with E-state index in [0.717, 1.165) is 33.3 Å². The van der Waals surface area contributed by atoms with Gasteiger partial charge in [0.05, 0.1) is 10.7 Å². The van der Waals surface area contributed by atoms with Crippen LogP contribution in [0.1, 0.15) is 11.1 Å². The maximum Gasteiger partial charge on any atom is 0.262 e. The summed E-state index contributed by atoms with van der Waals surface area (Å²) in [4.78, 5) is 12.4. The fourth-order valence-corrected chi connectivity index (χ4v) is 3.90. The Morgan fingerprint density at radius 2 is 1.72 bits per heavy atom. The van der Waals surface area contributed by atoms with Gasteiger partial charge >= 0.3 is 0 Å². The van der Waals surface area contributed by atoms with Gasteiger partial charge in [-0.3, -0.25) is 4.79 Å². The molecule has 32 heavy (non-hydrogen) atoms. The van der Waals surface area contributed by atoms with Crippen LogP contribution in [-0.4, -0.2) is 12.5 Å². The Labute approximate surface area is 197 Å². The van der Waals surface area contributed by atoms with Gasteiger partial charge in [-0.1, -0.05) is 71.2 Å². The number of aryl methyl sites for hydroxylation is 1. The van der Waals surface area contributed by atoms with Crippen molar-refractivity contribution in [2.24, 2.45) is 0 Å². The number of rotatable bonds is 7. The second kappa shape index (κ2) is 9.94. The molecule has 2 N–H and O–H groups in total. The fraction of sp³-hybridized carbons (Fsp3) is 0.115. The lowest BCUT2D eigenvalue weighted by atomic mass is 10.0. The fourth-order valence-electron chi connectivity index (χ4n) is 3.43. The Morgan fingerprint density at radius 1 is 0.938 bits per heavy atom. The number of carbonyl (C=O) groups excluding carboxylic acids is 1. The van der Waals surface area contributed by atoms with Crippen molar-refractivity contribution in [1.82, 2.24) is 0 Å². The molecule has 4 aromatic carbocycles. The predicted molar refractivity (Wildman–Crippen MR) is 133 cm³/mol. The monoisotopic (exact) mass is 464 g/mol. The molecule has 0 aliphatic rings. The van der Waals surface area contributed by atoms with Gasteiger partial charge in [-0.25, -0.2) is 0 Å². The second-order valence-corrected chi connectivity index (χ2v) is 8.29. The van der Waals surface area contributed by atoms with Gasteiger partial charge in [-0.15, -0.1) is 0 Å². The first kappa shape index (κ1) is 22.0. The maximum atomic E-state index is 12.4. The molecule has 0 saturated carbocycles. The second-order valence-electron chi connectivity index (χ2n) is 7.44.